The Morgan fingerprint density at radius 2 is 1.26 bits per heavy atom. The van der Waals surface area contributed by atoms with Gasteiger partial charge in [-0.3, -0.25) is 9.59 Å². The van der Waals surface area contributed by atoms with Gasteiger partial charge in [-0.05, 0) is 51.1 Å². The molecule has 0 aliphatic rings. The van der Waals surface area contributed by atoms with Gasteiger partial charge in [0.2, 0.25) is 11.8 Å². The third kappa shape index (κ3) is 7.04. The molecule has 39 heavy (non-hydrogen) atoms. The highest BCUT2D eigenvalue weighted by Gasteiger charge is 2.30. The van der Waals surface area contributed by atoms with Crippen molar-refractivity contribution in [3.63, 3.8) is 0 Å². The van der Waals surface area contributed by atoms with E-state index >= 15 is 0 Å². The number of hydrogen-bond acceptors (Lipinski definition) is 3. The van der Waals surface area contributed by atoms with E-state index in [2.05, 4.69) is 81.5 Å². The Morgan fingerprint density at radius 1 is 0.718 bits per heavy atom. The zero-order chi connectivity index (χ0) is 27.9. The number of fused-ring (bicyclic) bond motifs is 2. The molecule has 0 fully saturated rings. The molecular weight excluding hydrogens is 482 g/mol. The monoisotopic (exact) mass is 523 g/mol. The number of primary amides is 1. The minimum absolute atomic E-state index is 0.0112. The molecule has 4 rings (SSSR count). The van der Waals surface area contributed by atoms with E-state index in [1.165, 1.54) is 0 Å². The molecule has 0 aliphatic carbocycles. The molecule has 204 valence electrons. The highest BCUT2D eigenvalue weighted by Crippen LogP contribution is 2.34. The molecule has 0 saturated heterocycles. The number of nitrogens with one attached hydrogen (secondary N) is 1. The predicted octanol–water partition coefficient (Wildman–Crippen LogP) is 6.77. The third-order valence-electron chi connectivity index (χ3n) is 7.19. The molecule has 1 unspecified atom stereocenters. The van der Waals surface area contributed by atoms with E-state index in [1.807, 2.05) is 41.3 Å². The quantitative estimate of drug-likeness (QED) is 0.215. The Hall–Kier alpha value is -3.70. The topological polar surface area (TPSA) is 75.4 Å². The van der Waals surface area contributed by atoms with Crippen LogP contribution in [0.15, 0.2) is 84.9 Å². The first kappa shape index (κ1) is 28.3. The van der Waals surface area contributed by atoms with Crippen LogP contribution in [0.1, 0.15) is 63.7 Å². The molecule has 0 bridgehead atoms. The van der Waals surface area contributed by atoms with E-state index in [-0.39, 0.29) is 30.7 Å². The zero-order valence-corrected chi connectivity index (χ0v) is 23.6. The summed E-state index contributed by atoms with van der Waals surface area (Å²) in [4.78, 5) is 28.6. The van der Waals surface area contributed by atoms with Crippen molar-refractivity contribution in [1.29, 1.82) is 0 Å². The van der Waals surface area contributed by atoms with Gasteiger partial charge in [-0.25, -0.2) is 0 Å². The lowest BCUT2D eigenvalue weighted by Gasteiger charge is -2.35. The summed E-state index contributed by atoms with van der Waals surface area (Å²) >= 11 is 0. The summed E-state index contributed by atoms with van der Waals surface area (Å²) in [5, 5.41) is 8.09. The number of amides is 2. The molecule has 4 aromatic carbocycles. The number of nitrogens with zero attached hydrogens (tertiary/aromatic N) is 1. The van der Waals surface area contributed by atoms with Gasteiger partial charge in [0.25, 0.3) is 0 Å². The van der Waals surface area contributed by atoms with E-state index in [9.17, 15) is 9.59 Å². The molecule has 5 heteroatoms. The fourth-order valence-corrected chi connectivity index (χ4v) is 5.43. The number of hydrogen-bond donors (Lipinski definition) is 2. The molecule has 0 spiro atoms. The van der Waals surface area contributed by atoms with Crippen LogP contribution >= 0.6 is 0 Å². The average molecular weight is 524 g/mol. The van der Waals surface area contributed by atoms with Gasteiger partial charge in [-0.15, -0.1) is 0 Å². The van der Waals surface area contributed by atoms with Crippen LogP contribution < -0.4 is 11.1 Å². The highest BCUT2D eigenvalue weighted by atomic mass is 16.2. The van der Waals surface area contributed by atoms with Crippen LogP contribution in [0.3, 0.4) is 0 Å². The van der Waals surface area contributed by atoms with Crippen molar-refractivity contribution in [1.82, 2.24) is 10.2 Å². The van der Waals surface area contributed by atoms with Gasteiger partial charge in [-0.1, -0.05) is 113 Å². The fraction of sp³-hybridized carbons (Fsp3) is 0.353. The van der Waals surface area contributed by atoms with Gasteiger partial charge in [0, 0.05) is 19.0 Å². The molecule has 0 radical (unpaired) electrons. The van der Waals surface area contributed by atoms with E-state index in [0.717, 1.165) is 39.2 Å². The second kappa shape index (κ2) is 12.9. The van der Waals surface area contributed by atoms with Crippen LogP contribution in [0.2, 0.25) is 0 Å². The standard InChI is InChI=1S/C34H41N3O2/c1-23(2)21-36-31(29-17-9-13-25-11-5-7-15-27(25)29)19-34(39)37(22-24(3)4)32(20-33(35)38)30-18-10-14-26-12-6-8-16-28(26)30/h5-18,23-24,31-32,36H,19-22H2,1-4H3,(H2,35,38)/t31?,32-/m0/s1. The summed E-state index contributed by atoms with van der Waals surface area (Å²) in [5.41, 5.74) is 7.86. The van der Waals surface area contributed by atoms with Crippen LogP contribution in [0, 0.1) is 11.8 Å². The largest absolute Gasteiger partial charge is 0.370 e. The smallest absolute Gasteiger partial charge is 0.225 e. The Bertz CT molecular complexity index is 1420. The third-order valence-corrected chi connectivity index (χ3v) is 7.19. The second-order valence-corrected chi connectivity index (χ2v) is 11.3. The van der Waals surface area contributed by atoms with Crippen molar-refractivity contribution in [2.45, 2.75) is 52.6 Å². The lowest BCUT2D eigenvalue weighted by molar-refractivity contribution is -0.136. The van der Waals surface area contributed by atoms with Gasteiger partial charge >= 0.3 is 0 Å². The SMILES string of the molecule is CC(C)CNC(CC(=O)N(CC(C)C)[C@@H](CC(N)=O)c1cccc2ccccc12)c1cccc2ccccc12. The number of carbonyl (C=O) groups excluding carboxylic acids is 2. The predicted molar refractivity (Wildman–Crippen MR) is 161 cm³/mol. The maximum absolute atomic E-state index is 14.3. The molecule has 0 heterocycles. The Kier molecular flexibility index (Phi) is 9.36. The van der Waals surface area contributed by atoms with Crippen LogP contribution in [0.25, 0.3) is 21.5 Å². The van der Waals surface area contributed by atoms with Gasteiger partial charge in [0.15, 0.2) is 0 Å². The highest BCUT2D eigenvalue weighted by molar-refractivity contribution is 5.89. The molecule has 0 aliphatic heterocycles. The van der Waals surface area contributed by atoms with Gasteiger partial charge in [-0.2, -0.15) is 0 Å². The molecule has 5 nitrogen and oxygen atoms in total. The molecule has 0 saturated carbocycles. The van der Waals surface area contributed by atoms with Crippen LogP contribution in [0.5, 0.6) is 0 Å². The molecule has 2 amide bonds. The van der Waals surface area contributed by atoms with Crippen molar-refractivity contribution in [2.24, 2.45) is 17.6 Å². The Labute approximate surface area is 232 Å². The number of benzene rings is 4. The number of carbonyl (C=O) groups is 2. The lowest BCUT2D eigenvalue weighted by atomic mass is 9.92. The first-order valence-corrected chi connectivity index (χ1v) is 14.0. The minimum Gasteiger partial charge on any atom is -0.370 e. The molecule has 4 aromatic rings. The van der Waals surface area contributed by atoms with Crippen molar-refractivity contribution in [2.75, 3.05) is 13.1 Å². The van der Waals surface area contributed by atoms with E-state index in [0.29, 0.717) is 12.5 Å². The van der Waals surface area contributed by atoms with Crippen molar-refractivity contribution < 1.29 is 9.59 Å². The first-order valence-electron chi connectivity index (χ1n) is 14.0. The number of rotatable bonds is 12. The van der Waals surface area contributed by atoms with Gasteiger partial charge in [0.1, 0.15) is 0 Å². The summed E-state index contributed by atoms with van der Waals surface area (Å²) in [6.07, 6.45) is 0.359. The van der Waals surface area contributed by atoms with Gasteiger partial charge < -0.3 is 16.0 Å². The van der Waals surface area contributed by atoms with Crippen LogP contribution in [-0.4, -0.2) is 29.8 Å². The van der Waals surface area contributed by atoms with Crippen LogP contribution in [-0.2, 0) is 9.59 Å². The maximum atomic E-state index is 14.3. The number of nitrogens with two attached hydrogens (primary N) is 1. The second-order valence-electron chi connectivity index (χ2n) is 11.3. The summed E-state index contributed by atoms with van der Waals surface area (Å²) in [6.45, 7) is 9.87. The fourth-order valence-electron chi connectivity index (χ4n) is 5.43. The summed E-state index contributed by atoms with van der Waals surface area (Å²) in [6, 6.07) is 28.2. The lowest BCUT2D eigenvalue weighted by Crippen LogP contribution is -2.41. The van der Waals surface area contributed by atoms with Crippen molar-refractivity contribution in [3.05, 3.63) is 96.1 Å². The summed E-state index contributed by atoms with van der Waals surface area (Å²) in [5.74, 6) is 0.247. The first-order chi connectivity index (χ1) is 18.7. The average Bonchev–Trinajstić information content (AvgIpc) is 2.92. The van der Waals surface area contributed by atoms with Gasteiger partial charge in [0.05, 0.1) is 12.5 Å². The summed E-state index contributed by atoms with van der Waals surface area (Å²) in [7, 11) is 0. The molecule has 3 N–H and O–H groups in total. The minimum atomic E-state index is -0.443. The van der Waals surface area contributed by atoms with E-state index < -0.39 is 11.9 Å². The summed E-state index contributed by atoms with van der Waals surface area (Å²) < 4.78 is 0. The van der Waals surface area contributed by atoms with Crippen molar-refractivity contribution >= 4 is 33.4 Å². The van der Waals surface area contributed by atoms with Crippen LogP contribution in [0.4, 0.5) is 0 Å². The molecular formula is C34H41N3O2. The van der Waals surface area contributed by atoms with E-state index in [4.69, 9.17) is 5.73 Å². The Morgan fingerprint density at radius 3 is 1.82 bits per heavy atom. The zero-order valence-electron chi connectivity index (χ0n) is 23.6. The Balaban J connectivity index is 1.76. The molecule has 0 aromatic heterocycles. The van der Waals surface area contributed by atoms with Crippen molar-refractivity contribution in [3.8, 4) is 0 Å². The maximum Gasteiger partial charge on any atom is 0.225 e. The molecule has 2 atom stereocenters. The van der Waals surface area contributed by atoms with E-state index in [1.54, 1.807) is 0 Å². The normalized spacial score (nSPS) is 13.2.